The average Bonchev–Trinajstić information content (AvgIpc) is 3.66. The van der Waals surface area contributed by atoms with Crippen molar-refractivity contribution in [2.24, 2.45) is 0 Å². The number of nitrogens with zero attached hydrogens (tertiary/aromatic N) is 4. The van der Waals surface area contributed by atoms with Crippen molar-refractivity contribution in [1.82, 2.24) is 25.2 Å². The molecular formula is C32H35N6O+. The number of nitrogens with one attached hydrogen (secondary N) is 2. The van der Waals surface area contributed by atoms with Crippen LogP contribution in [0.15, 0.2) is 89.7 Å². The maximum absolute atomic E-state index is 13.8. The Morgan fingerprint density at radius 1 is 0.949 bits per heavy atom. The highest BCUT2D eigenvalue weighted by Crippen LogP contribution is 2.31. The molecule has 7 heteroatoms. The number of aryl methyl sites for hydroxylation is 1. The first-order valence-electron chi connectivity index (χ1n) is 14.0. The smallest absolute Gasteiger partial charge is 0.258 e. The van der Waals surface area contributed by atoms with E-state index in [1.807, 2.05) is 35.9 Å². The van der Waals surface area contributed by atoms with Gasteiger partial charge >= 0.3 is 0 Å². The minimum absolute atomic E-state index is 0.0759. The number of quaternary nitrogens is 1. The van der Waals surface area contributed by atoms with Gasteiger partial charge in [0.15, 0.2) is 6.04 Å². The van der Waals surface area contributed by atoms with Gasteiger partial charge in [-0.2, -0.15) is 0 Å². The molecule has 2 aromatic heterocycles. The van der Waals surface area contributed by atoms with E-state index in [4.69, 9.17) is 0 Å². The Labute approximate surface area is 228 Å². The van der Waals surface area contributed by atoms with Gasteiger partial charge in [0.2, 0.25) is 5.82 Å². The Bertz CT molecular complexity index is 1590. The Kier molecular flexibility index (Phi) is 7.32. The summed E-state index contributed by atoms with van der Waals surface area (Å²) in [5.41, 5.74) is 5.07. The summed E-state index contributed by atoms with van der Waals surface area (Å²) < 4.78 is 2.02. The lowest BCUT2D eigenvalue weighted by molar-refractivity contribution is -0.940. The number of para-hydroxylation sites is 1. The highest BCUT2D eigenvalue weighted by Gasteiger charge is 2.36. The number of pyridine rings is 1. The van der Waals surface area contributed by atoms with E-state index in [1.165, 1.54) is 28.9 Å². The summed E-state index contributed by atoms with van der Waals surface area (Å²) in [4.78, 5) is 18.3. The fraction of sp³-hybridized carbons (Fsp3) is 0.312. The molecule has 2 heterocycles. The molecule has 39 heavy (non-hydrogen) atoms. The van der Waals surface area contributed by atoms with Crippen LogP contribution in [0.3, 0.4) is 0 Å². The van der Waals surface area contributed by atoms with Gasteiger partial charge in [-0.15, -0.1) is 5.10 Å². The number of rotatable bonds is 9. The second kappa shape index (κ2) is 11.3. The third kappa shape index (κ3) is 5.40. The van der Waals surface area contributed by atoms with E-state index in [2.05, 4.69) is 81.2 Å². The number of H-pyrrole nitrogens is 1. The largest absolute Gasteiger partial charge is 0.321 e. The topological polar surface area (TPSA) is 80.9 Å². The molecular weight excluding hydrogens is 484 g/mol. The molecule has 2 unspecified atom stereocenters. The molecule has 0 radical (unpaired) electrons. The molecule has 6 rings (SSSR count). The van der Waals surface area contributed by atoms with Crippen LogP contribution in [0.4, 0.5) is 0 Å². The fourth-order valence-electron chi connectivity index (χ4n) is 6.10. The van der Waals surface area contributed by atoms with E-state index < -0.39 is 0 Å². The lowest BCUT2D eigenvalue weighted by atomic mass is 10.00. The van der Waals surface area contributed by atoms with Gasteiger partial charge < -0.3 is 9.88 Å². The van der Waals surface area contributed by atoms with Gasteiger partial charge in [0, 0.05) is 12.0 Å². The molecule has 198 valence electrons. The van der Waals surface area contributed by atoms with Crippen molar-refractivity contribution in [1.29, 1.82) is 0 Å². The molecule has 0 amide bonds. The zero-order chi connectivity index (χ0) is 26.6. The van der Waals surface area contributed by atoms with Crippen molar-refractivity contribution < 1.29 is 4.90 Å². The average molecular weight is 520 g/mol. The van der Waals surface area contributed by atoms with Crippen LogP contribution in [0.1, 0.15) is 65.8 Å². The van der Waals surface area contributed by atoms with Gasteiger partial charge in [-0.05, 0) is 52.8 Å². The molecule has 2 atom stereocenters. The van der Waals surface area contributed by atoms with Crippen LogP contribution in [0, 0.1) is 6.92 Å². The van der Waals surface area contributed by atoms with Crippen LogP contribution in [0.25, 0.3) is 10.9 Å². The lowest BCUT2D eigenvalue weighted by Gasteiger charge is -2.29. The molecule has 7 nitrogen and oxygen atoms in total. The third-order valence-electron chi connectivity index (χ3n) is 8.13. The summed E-state index contributed by atoms with van der Waals surface area (Å²) in [6, 6.07) is 29.2. The molecule has 1 saturated carbocycles. The second-order valence-corrected chi connectivity index (χ2v) is 10.8. The van der Waals surface area contributed by atoms with Crippen molar-refractivity contribution in [3.8, 4) is 0 Å². The van der Waals surface area contributed by atoms with Crippen molar-refractivity contribution in [2.45, 2.75) is 57.7 Å². The van der Waals surface area contributed by atoms with Crippen LogP contribution in [0.5, 0.6) is 0 Å². The molecule has 1 aliphatic rings. The summed E-state index contributed by atoms with van der Waals surface area (Å²) in [5, 5.41) is 14.3. The standard InChI is InChI=1S/C32H34N6O/c1-23-11-10-16-26-21-28(32(39)33-29(23)26)30(31-34-35-36-38(31)27-17-8-9-18-27)37(22-25-14-6-3-7-15-25)20-19-24-12-4-2-5-13-24/h2-7,10-16,21,27,30H,8-9,17-20,22H2,1H3,(H,33,39)/p+1. The minimum Gasteiger partial charge on any atom is -0.321 e. The van der Waals surface area contributed by atoms with Gasteiger partial charge in [-0.25, -0.2) is 4.68 Å². The maximum atomic E-state index is 13.8. The van der Waals surface area contributed by atoms with Gasteiger partial charge in [0.05, 0.1) is 23.7 Å². The van der Waals surface area contributed by atoms with E-state index in [1.54, 1.807) is 0 Å². The first-order valence-corrected chi connectivity index (χ1v) is 14.0. The molecule has 2 N–H and O–H groups in total. The number of hydrogen-bond donors (Lipinski definition) is 2. The summed E-state index contributed by atoms with van der Waals surface area (Å²) in [7, 11) is 0. The van der Waals surface area contributed by atoms with Crippen molar-refractivity contribution in [3.63, 3.8) is 0 Å². The molecule has 1 fully saturated rings. The fourth-order valence-corrected chi connectivity index (χ4v) is 6.10. The Balaban J connectivity index is 1.50. The van der Waals surface area contributed by atoms with Crippen LogP contribution in [-0.4, -0.2) is 31.7 Å². The summed E-state index contributed by atoms with van der Waals surface area (Å²) >= 11 is 0. The first kappa shape index (κ1) is 25.2. The zero-order valence-corrected chi connectivity index (χ0v) is 22.4. The lowest BCUT2D eigenvalue weighted by Crippen LogP contribution is -3.11. The number of hydrogen-bond acceptors (Lipinski definition) is 4. The van der Waals surface area contributed by atoms with Crippen LogP contribution in [-0.2, 0) is 13.0 Å². The quantitative estimate of drug-likeness (QED) is 0.303. The monoisotopic (exact) mass is 519 g/mol. The summed E-state index contributed by atoms with van der Waals surface area (Å²) in [6.07, 6.45) is 5.37. The van der Waals surface area contributed by atoms with Gasteiger partial charge in [0.1, 0.15) is 6.54 Å². The van der Waals surface area contributed by atoms with Crippen LogP contribution in [0.2, 0.25) is 0 Å². The number of aromatic amines is 1. The van der Waals surface area contributed by atoms with Gasteiger partial charge in [-0.3, -0.25) is 4.79 Å². The molecule has 0 aliphatic heterocycles. The zero-order valence-electron chi connectivity index (χ0n) is 22.4. The molecule has 5 aromatic rings. The second-order valence-electron chi connectivity index (χ2n) is 10.8. The highest BCUT2D eigenvalue weighted by molar-refractivity contribution is 5.82. The predicted molar refractivity (Wildman–Crippen MR) is 153 cm³/mol. The summed E-state index contributed by atoms with van der Waals surface area (Å²) in [6.45, 7) is 3.61. The van der Waals surface area contributed by atoms with Crippen LogP contribution < -0.4 is 10.5 Å². The molecule has 0 saturated heterocycles. The minimum atomic E-state index is -0.321. The van der Waals surface area contributed by atoms with Crippen molar-refractivity contribution in [3.05, 3.63) is 123 Å². The summed E-state index contributed by atoms with van der Waals surface area (Å²) in [5.74, 6) is 0.776. The van der Waals surface area contributed by atoms with E-state index in [-0.39, 0.29) is 17.6 Å². The Morgan fingerprint density at radius 2 is 1.67 bits per heavy atom. The maximum Gasteiger partial charge on any atom is 0.258 e. The predicted octanol–water partition coefficient (Wildman–Crippen LogP) is 4.36. The van der Waals surface area contributed by atoms with E-state index in [0.717, 1.165) is 54.6 Å². The van der Waals surface area contributed by atoms with Crippen LogP contribution >= 0.6 is 0 Å². The van der Waals surface area contributed by atoms with Crippen molar-refractivity contribution >= 4 is 10.9 Å². The van der Waals surface area contributed by atoms with Gasteiger partial charge in [0.25, 0.3) is 5.56 Å². The third-order valence-corrected chi connectivity index (χ3v) is 8.13. The SMILES string of the molecule is Cc1cccc2cc(C(c3nnnn3C3CCCC3)[NH+](CCc3ccccc3)Cc3ccccc3)c(=O)[nH]c12. The number of tetrazole rings is 1. The van der Waals surface area contributed by atoms with Gasteiger partial charge in [-0.1, -0.05) is 91.7 Å². The van der Waals surface area contributed by atoms with E-state index >= 15 is 0 Å². The highest BCUT2D eigenvalue weighted by atomic mass is 16.1. The molecule has 3 aromatic carbocycles. The number of fused-ring (bicyclic) bond motifs is 1. The van der Waals surface area contributed by atoms with Crippen molar-refractivity contribution in [2.75, 3.05) is 6.54 Å². The number of aromatic nitrogens is 5. The first-order chi connectivity index (χ1) is 19.2. The Hall–Kier alpha value is -4.10. The van der Waals surface area contributed by atoms with E-state index in [9.17, 15) is 4.79 Å². The number of benzene rings is 3. The normalized spacial score (nSPS) is 15.5. The Morgan fingerprint density at radius 3 is 2.41 bits per heavy atom. The van der Waals surface area contributed by atoms with E-state index in [0.29, 0.717) is 5.56 Å². The molecule has 0 bridgehead atoms. The molecule has 0 spiro atoms. The molecule has 1 aliphatic carbocycles.